The van der Waals surface area contributed by atoms with E-state index in [-0.39, 0.29) is 0 Å². The Bertz CT molecular complexity index is 424. The zero-order valence-electron chi connectivity index (χ0n) is 13.1. The van der Waals surface area contributed by atoms with Crippen molar-refractivity contribution in [2.45, 2.75) is 19.4 Å². The van der Waals surface area contributed by atoms with Crippen molar-refractivity contribution in [2.75, 3.05) is 35.5 Å². The van der Waals surface area contributed by atoms with Crippen LogP contribution in [0.5, 0.6) is 11.5 Å². The fourth-order valence-corrected chi connectivity index (χ4v) is 3.82. The highest BCUT2D eigenvalue weighted by Gasteiger charge is 2.37. The summed E-state index contributed by atoms with van der Waals surface area (Å²) >= 11 is 0. The van der Waals surface area contributed by atoms with Crippen LogP contribution in [0.15, 0.2) is 12.1 Å². The van der Waals surface area contributed by atoms with E-state index in [1.807, 2.05) is 19.1 Å². The molecule has 0 aromatic heterocycles. The van der Waals surface area contributed by atoms with Crippen LogP contribution in [-0.2, 0) is 19.7 Å². The van der Waals surface area contributed by atoms with E-state index in [4.69, 9.17) is 22.8 Å². The number of hydrogen-bond acceptors (Lipinski definition) is 5. The minimum Gasteiger partial charge on any atom is -0.493 e. The molecule has 20 heavy (non-hydrogen) atoms. The third-order valence-electron chi connectivity index (χ3n) is 3.48. The first-order valence-corrected chi connectivity index (χ1v) is 8.36. The molecular formula is C14H24O5Si. The van der Waals surface area contributed by atoms with E-state index in [2.05, 4.69) is 0 Å². The lowest BCUT2D eigenvalue weighted by molar-refractivity contribution is 0.123. The molecule has 5 nitrogen and oxygen atoms in total. The standard InChI is InChI=1S/C14H24O5Si/c1-11-9-13(15-2)14(16-3)10-12(11)7-8-20(17-4,18-5)19-6/h9-10H,7-8H2,1-6H3. The largest absolute Gasteiger partial charge is 0.500 e. The van der Waals surface area contributed by atoms with Gasteiger partial charge in [0.25, 0.3) is 0 Å². The van der Waals surface area contributed by atoms with Crippen LogP contribution >= 0.6 is 0 Å². The number of aryl methyl sites for hydroxylation is 2. The molecule has 0 radical (unpaired) electrons. The van der Waals surface area contributed by atoms with Crippen molar-refractivity contribution in [3.05, 3.63) is 23.3 Å². The van der Waals surface area contributed by atoms with Gasteiger partial charge in [-0.3, -0.25) is 0 Å². The number of ether oxygens (including phenoxy) is 2. The SMILES string of the molecule is COc1cc(C)c(CC[Si](OC)(OC)OC)cc1OC. The van der Waals surface area contributed by atoms with Gasteiger partial charge >= 0.3 is 8.80 Å². The molecule has 0 fully saturated rings. The molecule has 0 spiro atoms. The van der Waals surface area contributed by atoms with Crippen LogP contribution < -0.4 is 9.47 Å². The average Bonchev–Trinajstić information content (AvgIpc) is 2.49. The Morgan fingerprint density at radius 1 is 0.850 bits per heavy atom. The van der Waals surface area contributed by atoms with Gasteiger partial charge < -0.3 is 22.8 Å². The van der Waals surface area contributed by atoms with Crippen LogP contribution in [0.25, 0.3) is 0 Å². The lowest BCUT2D eigenvalue weighted by Gasteiger charge is -2.24. The van der Waals surface area contributed by atoms with Crippen LogP contribution in [-0.4, -0.2) is 44.4 Å². The Morgan fingerprint density at radius 3 is 1.80 bits per heavy atom. The number of benzene rings is 1. The molecule has 1 rings (SSSR count). The van der Waals surface area contributed by atoms with E-state index >= 15 is 0 Å². The fraction of sp³-hybridized carbons (Fsp3) is 0.571. The van der Waals surface area contributed by atoms with E-state index in [0.717, 1.165) is 23.5 Å². The number of hydrogen-bond donors (Lipinski definition) is 0. The van der Waals surface area contributed by atoms with E-state index < -0.39 is 8.80 Å². The van der Waals surface area contributed by atoms with Crippen molar-refractivity contribution in [3.8, 4) is 11.5 Å². The maximum atomic E-state index is 5.44. The highest BCUT2D eigenvalue weighted by Crippen LogP contribution is 2.31. The van der Waals surface area contributed by atoms with Crippen molar-refractivity contribution >= 4 is 8.80 Å². The molecule has 0 bridgehead atoms. The van der Waals surface area contributed by atoms with Crippen LogP contribution in [0.4, 0.5) is 0 Å². The predicted octanol–water partition coefficient (Wildman–Crippen LogP) is 2.43. The molecule has 0 unspecified atom stereocenters. The Hall–Kier alpha value is -1.08. The highest BCUT2D eigenvalue weighted by molar-refractivity contribution is 6.60. The summed E-state index contributed by atoms with van der Waals surface area (Å²) in [5.41, 5.74) is 2.32. The second-order valence-electron chi connectivity index (χ2n) is 4.43. The van der Waals surface area contributed by atoms with Crippen LogP contribution in [0, 0.1) is 6.92 Å². The van der Waals surface area contributed by atoms with Crippen molar-refractivity contribution in [2.24, 2.45) is 0 Å². The van der Waals surface area contributed by atoms with Gasteiger partial charge in [0.1, 0.15) is 0 Å². The molecule has 0 heterocycles. The summed E-state index contributed by atoms with van der Waals surface area (Å²) in [6, 6.07) is 4.69. The van der Waals surface area contributed by atoms with Crippen molar-refractivity contribution in [1.82, 2.24) is 0 Å². The summed E-state index contributed by atoms with van der Waals surface area (Å²) in [5, 5.41) is 0. The van der Waals surface area contributed by atoms with Crippen molar-refractivity contribution in [1.29, 1.82) is 0 Å². The second-order valence-corrected chi connectivity index (χ2v) is 7.52. The molecule has 0 aliphatic heterocycles. The molecule has 1 aromatic rings. The van der Waals surface area contributed by atoms with Gasteiger partial charge in [-0.25, -0.2) is 0 Å². The first kappa shape index (κ1) is 17.0. The van der Waals surface area contributed by atoms with E-state index in [1.165, 1.54) is 5.56 Å². The molecule has 1 aromatic carbocycles. The predicted molar refractivity (Wildman–Crippen MR) is 79.6 cm³/mol. The number of rotatable bonds is 8. The summed E-state index contributed by atoms with van der Waals surface area (Å²) < 4.78 is 26.9. The first-order chi connectivity index (χ1) is 9.55. The molecule has 6 heteroatoms. The highest BCUT2D eigenvalue weighted by atomic mass is 28.4. The molecule has 114 valence electrons. The molecule has 0 N–H and O–H groups in total. The first-order valence-electron chi connectivity index (χ1n) is 6.42. The van der Waals surface area contributed by atoms with E-state index in [1.54, 1.807) is 35.5 Å². The molecule has 0 atom stereocenters. The van der Waals surface area contributed by atoms with Gasteiger partial charge in [0, 0.05) is 27.4 Å². The molecule has 0 saturated heterocycles. The number of methoxy groups -OCH3 is 2. The maximum absolute atomic E-state index is 5.44. The molecule has 0 amide bonds. The Balaban J connectivity index is 2.92. The summed E-state index contributed by atoms with van der Waals surface area (Å²) in [4.78, 5) is 0. The maximum Gasteiger partial charge on any atom is 0.500 e. The fourth-order valence-electron chi connectivity index (χ4n) is 2.14. The minimum absolute atomic E-state index is 0.715. The third-order valence-corrected chi connectivity index (χ3v) is 6.20. The zero-order chi connectivity index (χ0) is 15.2. The summed E-state index contributed by atoms with van der Waals surface area (Å²) in [6.07, 6.45) is 0.800. The van der Waals surface area contributed by atoms with E-state index in [9.17, 15) is 0 Å². The normalized spacial score (nSPS) is 11.5. The van der Waals surface area contributed by atoms with Crippen LogP contribution in [0.3, 0.4) is 0 Å². The van der Waals surface area contributed by atoms with Gasteiger partial charge in [-0.1, -0.05) is 0 Å². The van der Waals surface area contributed by atoms with Crippen LogP contribution in [0.2, 0.25) is 6.04 Å². The van der Waals surface area contributed by atoms with Gasteiger partial charge in [-0.05, 0) is 36.6 Å². The smallest absolute Gasteiger partial charge is 0.493 e. The zero-order valence-corrected chi connectivity index (χ0v) is 14.1. The van der Waals surface area contributed by atoms with Gasteiger partial charge in [-0.15, -0.1) is 0 Å². The Labute approximate surface area is 122 Å². The minimum atomic E-state index is -2.54. The molecule has 0 aliphatic rings. The quantitative estimate of drug-likeness (QED) is 0.690. The summed E-state index contributed by atoms with van der Waals surface area (Å²) in [7, 11) is 5.60. The summed E-state index contributed by atoms with van der Waals surface area (Å²) in [6.45, 7) is 2.05. The summed E-state index contributed by atoms with van der Waals surface area (Å²) in [5.74, 6) is 1.47. The van der Waals surface area contributed by atoms with Gasteiger partial charge in [0.2, 0.25) is 0 Å². The lowest BCUT2D eigenvalue weighted by Crippen LogP contribution is -2.43. The Morgan fingerprint density at radius 2 is 1.35 bits per heavy atom. The average molecular weight is 300 g/mol. The molecule has 0 aliphatic carbocycles. The van der Waals surface area contributed by atoms with Gasteiger partial charge in [0.05, 0.1) is 14.2 Å². The van der Waals surface area contributed by atoms with Gasteiger partial charge in [0.15, 0.2) is 11.5 Å². The monoisotopic (exact) mass is 300 g/mol. The lowest BCUT2D eigenvalue weighted by atomic mass is 10.1. The topological polar surface area (TPSA) is 46.2 Å². The molecule has 0 saturated carbocycles. The second kappa shape index (κ2) is 7.63. The van der Waals surface area contributed by atoms with Crippen LogP contribution in [0.1, 0.15) is 11.1 Å². The third kappa shape index (κ3) is 3.73. The van der Waals surface area contributed by atoms with Crippen molar-refractivity contribution < 1.29 is 22.8 Å². The van der Waals surface area contributed by atoms with Gasteiger partial charge in [-0.2, -0.15) is 0 Å². The van der Waals surface area contributed by atoms with Crippen molar-refractivity contribution in [3.63, 3.8) is 0 Å². The Kier molecular flexibility index (Phi) is 6.48. The molecular weight excluding hydrogens is 276 g/mol. The van der Waals surface area contributed by atoms with E-state index in [0.29, 0.717) is 6.04 Å².